The normalized spacial score (nSPS) is 12.0. The molecule has 1 amide bonds. The van der Waals surface area contributed by atoms with E-state index in [0.29, 0.717) is 5.75 Å². The molecule has 0 aromatic heterocycles. The highest BCUT2D eigenvalue weighted by molar-refractivity contribution is 9.10. The zero-order chi connectivity index (χ0) is 15.2. The second kappa shape index (κ2) is 7.66. The van der Waals surface area contributed by atoms with Gasteiger partial charge in [-0.05, 0) is 43.2 Å². The summed E-state index contributed by atoms with van der Waals surface area (Å²) >= 11 is 4.99. The number of nitrogens with one attached hydrogen (secondary N) is 1. The molecular formula is C17H18BrNOS. The molecule has 21 heavy (non-hydrogen) atoms. The summed E-state index contributed by atoms with van der Waals surface area (Å²) in [4.78, 5) is 13.2. The summed E-state index contributed by atoms with van der Waals surface area (Å²) < 4.78 is 1.04. The van der Waals surface area contributed by atoms with Crippen molar-refractivity contribution in [3.63, 3.8) is 0 Å². The third-order valence-corrected chi connectivity index (χ3v) is 4.90. The molecule has 0 aliphatic carbocycles. The quantitative estimate of drug-likeness (QED) is 0.778. The second-order valence-electron chi connectivity index (χ2n) is 4.89. The fourth-order valence-corrected chi connectivity index (χ4v) is 3.08. The average molecular weight is 364 g/mol. The lowest BCUT2D eigenvalue weighted by Gasteiger charge is -2.14. The smallest absolute Gasteiger partial charge is 0.230 e. The molecule has 0 heterocycles. The van der Waals surface area contributed by atoms with Gasteiger partial charge in [-0.1, -0.05) is 46.3 Å². The molecule has 0 bridgehead atoms. The Morgan fingerprint density at radius 2 is 1.86 bits per heavy atom. The first-order valence-electron chi connectivity index (χ1n) is 6.79. The summed E-state index contributed by atoms with van der Waals surface area (Å²) in [5, 5.41) is 3.03. The Morgan fingerprint density at radius 1 is 1.19 bits per heavy atom. The fraction of sp³-hybridized carbons (Fsp3) is 0.235. The van der Waals surface area contributed by atoms with Crippen LogP contribution in [0.15, 0.2) is 57.9 Å². The molecular weight excluding hydrogens is 346 g/mol. The van der Waals surface area contributed by atoms with E-state index in [4.69, 9.17) is 0 Å². The lowest BCUT2D eigenvalue weighted by atomic mass is 10.1. The van der Waals surface area contributed by atoms with Crippen molar-refractivity contribution in [1.82, 2.24) is 5.32 Å². The fourth-order valence-electron chi connectivity index (χ4n) is 1.98. The van der Waals surface area contributed by atoms with Gasteiger partial charge in [0.15, 0.2) is 0 Å². The standard InChI is InChI=1S/C17H18BrNOS/c1-12-5-3-4-6-16(12)21-11-17(20)19-13(2)14-7-9-15(18)10-8-14/h3-10,13H,11H2,1-2H3,(H,19,20). The van der Waals surface area contributed by atoms with Gasteiger partial charge in [0, 0.05) is 9.37 Å². The largest absolute Gasteiger partial charge is 0.349 e. The van der Waals surface area contributed by atoms with E-state index in [1.807, 2.05) is 49.4 Å². The number of amides is 1. The molecule has 1 unspecified atom stereocenters. The Bertz CT molecular complexity index is 612. The summed E-state index contributed by atoms with van der Waals surface area (Å²) in [6.45, 7) is 4.06. The highest BCUT2D eigenvalue weighted by Gasteiger charge is 2.10. The molecule has 2 rings (SSSR count). The molecule has 0 aliphatic rings. The summed E-state index contributed by atoms with van der Waals surface area (Å²) in [5.41, 5.74) is 2.31. The van der Waals surface area contributed by atoms with Crippen LogP contribution < -0.4 is 5.32 Å². The molecule has 0 saturated heterocycles. The van der Waals surface area contributed by atoms with Crippen molar-refractivity contribution in [2.75, 3.05) is 5.75 Å². The van der Waals surface area contributed by atoms with Gasteiger partial charge in [-0.3, -0.25) is 4.79 Å². The van der Waals surface area contributed by atoms with E-state index >= 15 is 0 Å². The average Bonchev–Trinajstić information content (AvgIpc) is 2.47. The minimum absolute atomic E-state index is 0.0167. The van der Waals surface area contributed by atoms with Crippen LogP contribution in [0.25, 0.3) is 0 Å². The molecule has 0 fully saturated rings. The minimum Gasteiger partial charge on any atom is -0.349 e. The molecule has 2 nitrogen and oxygen atoms in total. The van der Waals surface area contributed by atoms with E-state index in [1.54, 1.807) is 11.8 Å². The Labute approximate surface area is 138 Å². The number of aryl methyl sites for hydroxylation is 1. The molecule has 0 radical (unpaired) electrons. The minimum atomic E-state index is 0.0167. The number of thioether (sulfide) groups is 1. The van der Waals surface area contributed by atoms with Crippen molar-refractivity contribution in [1.29, 1.82) is 0 Å². The van der Waals surface area contributed by atoms with Gasteiger partial charge in [0.1, 0.15) is 0 Å². The van der Waals surface area contributed by atoms with Crippen LogP contribution in [0.1, 0.15) is 24.1 Å². The van der Waals surface area contributed by atoms with Gasteiger partial charge in [0.05, 0.1) is 11.8 Å². The predicted octanol–water partition coefficient (Wildman–Crippen LogP) is 4.73. The number of halogens is 1. The Morgan fingerprint density at radius 3 is 2.52 bits per heavy atom. The van der Waals surface area contributed by atoms with Crippen LogP contribution in [0.3, 0.4) is 0 Å². The van der Waals surface area contributed by atoms with Crippen molar-refractivity contribution in [2.24, 2.45) is 0 Å². The molecule has 2 aromatic rings. The highest BCUT2D eigenvalue weighted by atomic mass is 79.9. The van der Waals surface area contributed by atoms with E-state index in [1.165, 1.54) is 5.56 Å². The molecule has 4 heteroatoms. The predicted molar refractivity (Wildman–Crippen MR) is 92.6 cm³/mol. The molecule has 110 valence electrons. The van der Waals surface area contributed by atoms with E-state index < -0.39 is 0 Å². The van der Waals surface area contributed by atoms with Crippen LogP contribution in [0.2, 0.25) is 0 Å². The Balaban J connectivity index is 1.87. The SMILES string of the molecule is Cc1ccccc1SCC(=O)NC(C)c1ccc(Br)cc1. The van der Waals surface area contributed by atoms with Crippen molar-refractivity contribution in [3.05, 3.63) is 64.1 Å². The number of rotatable bonds is 5. The number of carbonyl (C=O) groups excluding carboxylic acids is 1. The number of hydrogen-bond donors (Lipinski definition) is 1. The zero-order valence-corrected chi connectivity index (χ0v) is 14.5. The van der Waals surface area contributed by atoms with E-state index in [2.05, 4.69) is 34.2 Å². The first kappa shape index (κ1) is 16.1. The van der Waals surface area contributed by atoms with E-state index in [9.17, 15) is 4.79 Å². The van der Waals surface area contributed by atoms with E-state index in [0.717, 1.165) is 14.9 Å². The molecule has 1 N–H and O–H groups in total. The first-order valence-corrected chi connectivity index (χ1v) is 8.57. The third kappa shape index (κ3) is 4.90. The van der Waals surface area contributed by atoms with Crippen LogP contribution in [-0.2, 0) is 4.79 Å². The lowest BCUT2D eigenvalue weighted by Crippen LogP contribution is -2.28. The van der Waals surface area contributed by atoms with Gasteiger partial charge in [-0.2, -0.15) is 0 Å². The molecule has 0 aliphatic heterocycles. The summed E-state index contributed by atoms with van der Waals surface area (Å²) in [5.74, 6) is 0.491. The van der Waals surface area contributed by atoms with Crippen LogP contribution >= 0.6 is 27.7 Å². The first-order chi connectivity index (χ1) is 10.1. The van der Waals surface area contributed by atoms with Crippen LogP contribution in [0.5, 0.6) is 0 Å². The number of benzene rings is 2. The molecule has 0 spiro atoms. The summed E-state index contributed by atoms with van der Waals surface area (Å²) in [7, 11) is 0. The van der Waals surface area contributed by atoms with Crippen molar-refractivity contribution in [2.45, 2.75) is 24.8 Å². The van der Waals surface area contributed by atoms with Gasteiger partial charge < -0.3 is 5.32 Å². The van der Waals surface area contributed by atoms with Gasteiger partial charge in [0.25, 0.3) is 0 Å². The topological polar surface area (TPSA) is 29.1 Å². The monoisotopic (exact) mass is 363 g/mol. The molecule has 0 saturated carbocycles. The maximum absolute atomic E-state index is 12.0. The number of carbonyl (C=O) groups is 1. The lowest BCUT2D eigenvalue weighted by molar-refractivity contribution is -0.119. The maximum atomic E-state index is 12.0. The van der Waals surface area contributed by atoms with Gasteiger partial charge >= 0.3 is 0 Å². The number of hydrogen-bond acceptors (Lipinski definition) is 2. The maximum Gasteiger partial charge on any atom is 0.230 e. The van der Waals surface area contributed by atoms with Crippen molar-refractivity contribution < 1.29 is 4.79 Å². The zero-order valence-electron chi connectivity index (χ0n) is 12.1. The second-order valence-corrected chi connectivity index (χ2v) is 6.83. The van der Waals surface area contributed by atoms with Gasteiger partial charge in [-0.15, -0.1) is 11.8 Å². The van der Waals surface area contributed by atoms with Gasteiger partial charge in [-0.25, -0.2) is 0 Å². The van der Waals surface area contributed by atoms with Crippen LogP contribution in [0, 0.1) is 6.92 Å². The van der Waals surface area contributed by atoms with Gasteiger partial charge in [0.2, 0.25) is 5.91 Å². The van der Waals surface area contributed by atoms with E-state index in [-0.39, 0.29) is 11.9 Å². The van der Waals surface area contributed by atoms with Crippen molar-refractivity contribution in [3.8, 4) is 0 Å². The summed E-state index contributed by atoms with van der Waals surface area (Å²) in [6.07, 6.45) is 0. The van der Waals surface area contributed by atoms with Crippen molar-refractivity contribution >= 4 is 33.6 Å². The summed E-state index contributed by atoms with van der Waals surface area (Å²) in [6, 6.07) is 16.1. The Kier molecular flexibility index (Phi) is 5.88. The Hall–Kier alpha value is -1.26. The highest BCUT2D eigenvalue weighted by Crippen LogP contribution is 2.22. The molecule has 1 atom stereocenters. The molecule has 2 aromatic carbocycles. The van der Waals surface area contributed by atoms with Crippen LogP contribution in [-0.4, -0.2) is 11.7 Å². The van der Waals surface area contributed by atoms with Crippen LogP contribution in [0.4, 0.5) is 0 Å². The third-order valence-electron chi connectivity index (χ3n) is 3.20.